The highest BCUT2D eigenvalue weighted by Crippen LogP contribution is 2.33. The molecule has 0 unspecified atom stereocenters. The minimum Gasteiger partial charge on any atom is -0.392 e. The molecule has 0 aliphatic carbocycles. The van der Waals surface area contributed by atoms with E-state index in [-0.39, 0.29) is 11.7 Å². The van der Waals surface area contributed by atoms with Crippen LogP contribution >= 0.6 is 27.3 Å². The SMILES string of the molecule is OCc1c(F)sc2cccc(CBr)c12. The van der Waals surface area contributed by atoms with Gasteiger partial charge in [-0.05, 0) is 11.6 Å². The van der Waals surface area contributed by atoms with Crippen molar-refractivity contribution in [1.29, 1.82) is 0 Å². The van der Waals surface area contributed by atoms with Crippen molar-refractivity contribution in [3.8, 4) is 0 Å². The van der Waals surface area contributed by atoms with Crippen LogP contribution in [0, 0.1) is 5.13 Å². The summed E-state index contributed by atoms with van der Waals surface area (Å²) < 4.78 is 14.3. The molecule has 1 aromatic carbocycles. The van der Waals surface area contributed by atoms with E-state index in [1.54, 1.807) is 0 Å². The van der Waals surface area contributed by atoms with Crippen molar-refractivity contribution in [2.75, 3.05) is 0 Å². The number of aliphatic hydroxyl groups excluding tert-OH is 1. The molecule has 1 N–H and O–H groups in total. The van der Waals surface area contributed by atoms with Crippen molar-refractivity contribution in [3.63, 3.8) is 0 Å². The second-order valence-electron chi connectivity index (χ2n) is 2.94. The molecule has 1 aromatic heterocycles. The molecule has 0 saturated heterocycles. The number of aliphatic hydroxyl groups is 1. The van der Waals surface area contributed by atoms with Crippen molar-refractivity contribution in [3.05, 3.63) is 34.5 Å². The first-order valence-electron chi connectivity index (χ1n) is 4.13. The summed E-state index contributed by atoms with van der Waals surface area (Å²) in [6.07, 6.45) is 0. The van der Waals surface area contributed by atoms with Crippen LogP contribution in [-0.2, 0) is 11.9 Å². The number of thiophene rings is 1. The summed E-state index contributed by atoms with van der Waals surface area (Å²) in [4.78, 5) is 0. The summed E-state index contributed by atoms with van der Waals surface area (Å²) in [6.45, 7) is -0.240. The van der Waals surface area contributed by atoms with Gasteiger partial charge in [-0.25, -0.2) is 0 Å². The lowest BCUT2D eigenvalue weighted by Gasteiger charge is -2.00. The van der Waals surface area contributed by atoms with Crippen LogP contribution in [0.4, 0.5) is 4.39 Å². The minimum atomic E-state index is -0.282. The molecule has 0 aliphatic rings. The first-order chi connectivity index (χ1) is 6.77. The predicted molar refractivity (Wildman–Crippen MR) is 60.3 cm³/mol. The summed E-state index contributed by atoms with van der Waals surface area (Å²) in [5.41, 5.74) is 1.44. The summed E-state index contributed by atoms with van der Waals surface area (Å²) in [7, 11) is 0. The third-order valence-corrected chi connectivity index (χ3v) is 3.74. The Balaban J connectivity index is 2.82. The molecule has 1 nitrogen and oxygen atoms in total. The average Bonchev–Trinajstić information content (AvgIpc) is 2.52. The van der Waals surface area contributed by atoms with Gasteiger partial charge in [0.1, 0.15) is 0 Å². The van der Waals surface area contributed by atoms with Gasteiger partial charge in [0, 0.05) is 21.0 Å². The maximum Gasteiger partial charge on any atom is 0.183 e. The highest BCUT2D eigenvalue weighted by molar-refractivity contribution is 9.08. The smallest absolute Gasteiger partial charge is 0.183 e. The Morgan fingerprint density at radius 3 is 2.86 bits per heavy atom. The largest absolute Gasteiger partial charge is 0.392 e. The van der Waals surface area contributed by atoms with Crippen molar-refractivity contribution in [2.24, 2.45) is 0 Å². The third kappa shape index (κ3) is 1.47. The summed E-state index contributed by atoms with van der Waals surface area (Å²) >= 11 is 4.44. The fraction of sp³-hybridized carbons (Fsp3) is 0.200. The van der Waals surface area contributed by atoms with Gasteiger partial charge in [-0.3, -0.25) is 0 Å². The van der Waals surface area contributed by atoms with Crippen LogP contribution < -0.4 is 0 Å². The van der Waals surface area contributed by atoms with Gasteiger partial charge < -0.3 is 5.11 Å². The van der Waals surface area contributed by atoms with E-state index in [0.29, 0.717) is 10.9 Å². The number of rotatable bonds is 2. The van der Waals surface area contributed by atoms with Crippen molar-refractivity contribution >= 4 is 37.4 Å². The standard InChI is InChI=1S/C10H8BrFOS/c11-4-6-2-1-3-8-9(6)7(5-13)10(12)14-8/h1-3,13H,4-5H2. The first-order valence-corrected chi connectivity index (χ1v) is 6.07. The van der Waals surface area contributed by atoms with Crippen LogP contribution in [0.15, 0.2) is 18.2 Å². The molecule has 2 aromatic rings. The van der Waals surface area contributed by atoms with Crippen LogP contribution in [0.2, 0.25) is 0 Å². The van der Waals surface area contributed by atoms with Gasteiger partial charge in [-0.2, -0.15) is 4.39 Å². The molecule has 1 heterocycles. The van der Waals surface area contributed by atoms with Crippen LogP contribution in [-0.4, -0.2) is 5.11 Å². The van der Waals surface area contributed by atoms with E-state index in [9.17, 15) is 4.39 Å². The van der Waals surface area contributed by atoms with Gasteiger partial charge in [0.15, 0.2) is 5.13 Å². The molecule has 74 valence electrons. The lowest BCUT2D eigenvalue weighted by atomic mass is 10.1. The fourth-order valence-corrected chi connectivity index (χ4v) is 2.97. The molecule has 2 rings (SSSR count). The highest BCUT2D eigenvalue weighted by atomic mass is 79.9. The molecule has 0 bridgehead atoms. The zero-order valence-electron chi connectivity index (χ0n) is 7.26. The monoisotopic (exact) mass is 274 g/mol. The Morgan fingerprint density at radius 1 is 1.43 bits per heavy atom. The lowest BCUT2D eigenvalue weighted by Crippen LogP contribution is -1.87. The molecule has 4 heteroatoms. The fourth-order valence-electron chi connectivity index (χ4n) is 1.51. The number of hydrogen-bond donors (Lipinski definition) is 1. The van der Waals surface area contributed by atoms with Crippen LogP contribution in [0.3, 0.4) is 0 Å². The minimum absolute atomic E-state index is 0.240. The van der Waals surface area contributed by atoms with E-state index in [1.807, 2.05) is 18.2 Å². The van der Waals surface area contributed by atoms with Crippen molar-refractivity contribution in [1.82, 2.24) is 0 Å². The van der Waals surface area contributed by atoms with Crippen LogP contribution in [0.25, 0.3) is 10.1 Å². The maximum atomic E-state index is 13.4. The molecule has 0 spiro atoms. The van der Waals surface area contributed by atoms with Gasteiger partial charge in [-0.15, -0.1) is 11.3 Å². The average molecular weight is 275 g/mol. The molecule has 0 atom stereocenters. The van der Waals surface area contributed by atoms with Gasteiger partial charge in [0.05, 0.1) is 6.61 Å². The number of alkyl halides is 1. The second-order valence-corrected chi connectivity index (χ2v) is 4.50. The summed E-state index contributed by atoms with van der Waals surface area (Å²) in [5.74, 6) is 0. The first kappa shape index (κ1) is 10.1. The van der Waals surface area contributed by atoms with E-state index in [2.05, 4.69) is 15.9 Å². The van der Waals surface area contributed by atoms with E-state index in [0.717, 1.165) is 27.0 Å². The van der Waals surface area contributed by atoms with Crippen LogP contribution in [0.5, 0.6) is 0 Å². The topological polar surface area (TPSA) is 20.2 Å². The summed E-state index contributed by atoms with van der Waals surface area (Å²) in [5, 5.41) is 10.3. The van der Waals surface area contributed by atoms with Gasteiger partial charge >= 0.3 is 0 Å². The second kappa shape index (κ2) is 3.96. The Morgan fingerprint density at radius 2 is 2.21 bits per heavy atom. The number of fused-ring (bicyclic) bond motifs is 1. The Bertz CT molecular complexity index is 466. The number of benzene rings is 1. The normalized spacial score (nSPS) is 11.1. The molecular formula is C10H8BrFOS. The zero-order chi connectivity index (χ0) is 10.1. The zero-order valence-corrected chi connectivity index (χ0v) is 9.66. The Kier molecular flexibility index (Phi) is 2.85. The molecule has 14 heavy (non-hydrogen) atoms. The van der Waals surface area contributed by atoms with E-state index in [1.165, 1.54) is 0 Å². The van der Waals surface area contributed by atoms with Gasteiger partial charge in [0.2, 0.25) is 0 Å². The quantitative estimate of drug-likeness (QED) is 0.832. The molecule has 0 aliphatic heterocycles. The van der Waals surface area contributed by atoms with E-state index < -0.39 is 0 Å². The maximum absolute atomic E-state index is 13.4. The van der Waals surface area contributed by atoms with Crippen LogP contribution in [0.1, 0.15) is 11.1 Å². The molecule has 0 saturated carbocycles. The number of hydrogen-bond acceptors (Lipinski definition) is 2. The van der Waals surface area contributed by atoms with E-state index >= 15 is 0 Å². The predicted octanol–water partition coefficient (Wildman–Crippen LogP) is 3.43. The summed E-state index contributed by atoms with van der Waals surface area (Å²) in [6, 6.07) is 5.70. The van der Waals surface area contributed by atoms with Gasteiger partial charge in [0.25, 0.3) is 0 Å². The third-order valence-electron chi connectivity index (χ3n) is 2.15. The highest BCUT2D eigenvalue weighted by Gasteiger charge is 2.13. The van der Waals surface area contributed by atoms with Crippen molar-refractivity contribution in [2.45, 2.75) is 11.9 Å². The number of halogens is 2. The Labute approximate surface area is 93.3 Å². The molecule has 0 radical (unpaired) electrons. The lowest BCUT2D eigenvalue weighted by molar-refractivity contribution is 0.279. The van der Waals surface area contributed by atoms with Crippen molar-refractivity contribution < 1.29 is 9.50 Å². The molecule has 0 amide bonds. The molecule has 0 fully saturated rings. The van der Waals surface area contributed by atoms with E-state index in [4.69, 9.17) is 5.11 Å². The molecular weight excluding hydrogens is 267 g/mol. The Hall–Kier alpha value is -0.450. The van der Waals surface area contributed by atoms with Gasteiger partial charge in [-0.1, -0.05) is 28.1 Å².